The van der Waals surface area contributed by atoms with Gasteiger partial charge in [0.05, 0.1) is 40.3 Å². The predicted molar refractivity (Wildman–Crippen MR) is 168 cm³/mol. The van der Waals surface area contributed by atoms with Crippen LogP contribution in [-0.4, -0.2) is 71.9 Å². The van der Waals surface area contributed by atoms with Crippen molar-refractivity contribution in [2.45, 2.75) is 50.5 Å². The molecule has 0 aliphatic carbocycles. The predicted octanol–water partition coefficient (Wildman–Crippen LogP) is 5.74. The Morgan fingerprint density at radius 2 is 1.77 bits per heavy atom. The lowest BCUT2D eigenvalue weighted by atomic mass is 9.96. The highest BCUT2D eigenvalue weighted by Crippen LogP contribution is 2.33. The fraction of sp³-hybridized carbons (Fsp3) is 0.364. The summed E-state index contributed by atoms with van der Waals surface area (Å²) in [5, 5.41) is 0. The number of hydrogen-bond acceptors (Lipinski definition) is 7. The first-order valence-corrected chi connectivity index (χ1v) is 16.5. The SMILES string of the molecule is CCCCOc1ccc(S(=O)(=O)N2CCN(Cc3ccccc3)CC2)cc1C1=Nc2cc3nc[nH]c3cc2C(=O)CCC1. The van der Waals surface area contributed by atoms with Gasteiger partial charge in [0.15, 0.2) is 5.78 Å². The minimum absolute atomic E-state index is 0.0384. The van der Waals surface area contributed by atoms with E-state index < -0.39 is 10.0 Å². The van der Waals surface area contributed by atoms with E-state index in [2.05, 4.69) is 33.9 Å². The highest BCUT2D eigenvalue weighted by Gasteiger charge is 2.30. The van der Waals surface area contributed by atoms with Gasteiger partial charge in [0.1, 0.15) is 5.75 Å². The third-order valence-corrected chi connectivity index (χ3v) is 10.0. The van der Waals surface area contributed by atoms with Gasteiger partial charge in [-0.05, 0) is 55.2 Å². The molecule has 0 unspecified atom stereocenters. The van der Waals surface area contributed by atoms with E-state index >= 15 is 0 Å². The summed E-state index contributed by atoms with van der Waals surface area (Å²) in [7, 11) is -3.74. The number of Topliss-reactive ketones (excluding diaryl/α,β-unsaturated/α-hetero) is 1. The first kappa shape index (κ1) is 29.2. The number of ketones is 1. The van der Waals surface area contributed by atoms with Crippen LogP contribution in [0.2, 0.25) is 0 Å². The number of piperazine rings is 1. The standard InChI is InChI=1S/C33H37N5O4S/c1-2-3-18-42-33-13-12-25(43(40,41)38-16-14-37(15-17-38)22-24-8-5-4-6-9-24)19-27(33)28-10-7-11-32(39)26-20-30-31(35-23-34-30)21-29(26)36-28/h4-6,8-9,12-13,19-21,23H,2-3,7,10-11,14-18,22H2,1H3,(H,34,35). The van der Waals surface area contributed by atoms with Crippen LogP contribution in [0.5, 0.6) is 5.75 Å². The zero-order valence-corrected chi connectivity index (χ0v) is 25.3. The molecule has 0 atom stereocenters. The van der Waals surface area contributed by atoms with Crippen molar-refractivity contribution in [2.24, 2.45) is 4.99 Å². The second-order valence-electron chi connectivity index (χ2n) is 11.2. The number of aromatic nitrogens is 2. The molecule has 2 aliphatic heterocycles. The molecule has 4 aromatic rings. The molecule has 1 fully saturated rings. The van der Waals surface area contributed by atoms with Gasteiger partial charge < -0.3 is 9.72 Å². The van der Waals surface area contributed by atoms with Crippen LogP contribution in [0, 0.1) is 0 Å². The number of nitrogens with zero attached hydrogens (tertiary/aromatic N) is 4. The van der Waals surface area contributed by atoms with E-state index in [0.717, 1.165) is 30.4 Å². The van der Waals surface area contributed by atoms with Gasteiger partial charge in [0.2, 0.25) is 10.0 Å². The Morgan fingerprint density at radius 1 is 0.953 bits per heavy atom. The Labute approximate surface area is 252 Å². The molecule has 1 aromatic heterocycles. The number of unbranched alkanes of at least 4 members (excludes halogenated alkanes) is 1. The van der Waals surface area contributed by atoms with Crippen LogP contribution < -0.4 is 4.74 Å². The van der Waals surface area contributed by atoms with Crippen molar-refractivity contribution >= 4 is 38.2 Å². The van der Waals surface area contributed by atoms with Crippen molar-refractivity contribution in [3.63, 3.8) is 0 Å². The summed E-state index contributed by atoms with van der Waals surface area (Å²) < 4.78 is 35.6. The Kier molecular flexibility index (Phi) is 8.69. The molecule has 0 amide bonds. The van der Waals surface area contributed by atoms with E-state index in [1.807, 2.05) is 30.3 Å². The summed E-state index contributed by atoms with van der Waals surface area (Å²) in [6.07, 6.45) is 4.97. The number of carbonyl (C=O) groups is 1. The molecule has 0 bridgehead atoms. The summed E-state index contributed by atoms with van der Waals surface area (Å²) in [5.74, 6) is 0.643. The van der Waals surface area contributed by atoms with Crippen molar-refractivity contribution in [1.29, 1.82) is 0 Å². The quantitative estimate of drug-likeness (QED) is 0.246. The maximum atomic E-state index is 13.9. The van der Waals surface area contributed by atoms with E-state index in [9.17, 15) is 13.2 Å². The van der Waals surface area contributed by atoms with Gasteiger partial charge in [-0.25, -0.2) is 13.4 Å². The van der Waals surface area contributed by atoms with Gasteiger partial charge in [0.25, 0.3) is 0 Å². The monoisotopic (exact) mass is 599 g/mol. The van der Waals surface area contributed by atoms with Crippen molar-refractivity contribution in [1.82, 2.24) is 19.2 Å². The Bertz CT molecular complexity index is 1740. The van der Waals surface area contributed by atoms with Gasteiger partial charge >= 0.3 is 0 Å². The Hall–Kier alpha value is -3.86. The van der Waals surface area contributed by atoms with E-state index in [1.54, 1.807) is 28.8 Å². The molecule has 3 aromatic carbocycles. The maximum absolute atomic E-state index is 13.9. The smallest absolute Gasteiger partial charge is 0.243 e. The molecule has 0 spiro atoms. The number of carbonyl (C=O) groups excluding carboxylic acids is 1. The average Bonchev–Trinajstić information content (AvgIpc) is 3.48. The summed E-state index contributed by atoms with van der Waals surface area (Å²) in [5.41, 5.74) is 5.17. The number of rotatable bonds is 9. The van der Waals surface area contributed by atoms with Gasteiger partial charge in [-0.1, -0.05) is 43.7 Å². The fourth-order valence-corrected chi connectivity index (χ4v) is 7.15. The van der Waals surface area contributed by atoms with Crippen LogP contribution in [0.15, 0.2) is 76.9 Å². The van der Waals surface area contributed by atoms with Gasteiger partial charge in [-0.2, -0.15) is 4.31 Å². The van der Waals surface area contributed by atoms with E-state index in [0.29, 0.717) is 80.3 Å². The molecule has 2 aliphatic rings. The number of hydrogen-bond donors (Lipinski definition) is 1. The maximum Gasteiger partial charge on any atom is 0.243 e. The summed E-state index contributed by atoms with van der Waals surface area (Å²) in [6.45, 7) is 5.61. The lowest BCUT2D eigenvalue weighted by molar-refractivity contribution is 0.0981. The highest BCUT2D eigenvalue weighted by atomic mass is 32.2. The van der Waals surface area contributed by atoms with Crippen molar-refractivity contribution < 1.29 is 17.9 Å². The first-order valence-electron chi connectivity index (χ1n) is 15.0. The summed E-state index contributed by atoms with van der Waals surface area (Å²) >= 11 is 0. The number of sulfonamides is 1. The third kappa shape index (κ3) is 6.41. The number of benzene rings is 3. The largest absolute Gasteiger partial charge is 0.493 e. The molecule has 1 saturated heterocycles. The van der Waals surface area contributed by atoms with Crippen molar-refractivity contribution in [3.05, 3.63) is 83.7 Å². The lowest BCUT2D eigenvalue weighted by Gasteiger charge is -2.34. The number of imidazole rings is 1. The molecule has 10 heteroatoms. The van der Waals surface area contributed by atoms with Gasteiger partial charge in [0, 0.05) is 50.3 Å². The van der Waals surface area contributed by atoms with Crippen LogP contribution in [0.1, 0.15) is 60.5 Å². The topological polar surface area (TPSA) is 108 Å². The molecule has 0 saturated carbocycles. The minimum Gasteiger partial charge on any atom is -0.493 e. The number of H-pyrrole nitrogens is 1. The molecule has 224 valence electrons. The second kappa shape index (κ2) is 12.8. The van der Waals surface area contributed by atoms with Crippen LogP contribution in [-0.2, 0) is 16.6 Å². The highest BCUT2D eigenvalue weighted by molar-refractivity contribution is 7.89. The summed E-state index contributed by atoms with van der Waals surface area (Å²) in [4.78, 5) is 27.9. The number of ether oxygens (including phenoxy) is 1. The van der Waals surface area contributed by atoms with Gasteiger partial charge in [-0.3, -0.25) is 14.7 Å². The van der Waals surface area contributed by atoms with Gasteiger partial charge in [-0.15, -0.1) is 0 Å². The first-order chi connectivity index (χ1) is 20.9. The van der Waals surface area contributed by atoms with Crippen LogP contribution in [0.3, 0.4) is 0 Å². The normalized spacial score (nSPS) is 16.9. The number of nitrogens with one attached hydrogen (secondary N) is 1. The molecule has 6 rings (SSSR count). The molecular formula is C33H37N5O4S. The zero-order valence-electron chi connectivity index (χ0n) is 24.5. The van der Waals surface area contributed by atoms with Crippen LogP contribution >= 0.6 is 0 Å². The fourth-order valence-electron chi connectivity index (χ4n) is 5.70. The van der Waals surface area contributed by atoms with E-state index in [1.165, 1.54) is 5.56 Å². The number of fused-ring (bicyclic) bond motifs is 2. The van der Waals surface area contributed by atoms with Crippen molar-refractivity contribution in [3.8, 4) is 5.75 Å². The lowest BCUT2D eigenvalue weighted by Crippen LogP contribution is -2.48. The number of aliphatic imine (C=N–C) groups is 1. The molecule has 3 heterocycles. The third-order valence-electron chi connectivity index (χ3n) is 8.15. The van der Waals surface area contributed by atoms with E-state index in [-0.39, 0.29) is 10.7 Å². The molecule has 43 heavy (non-hydrogen) atoms. The molecule has 0 radical (unpaired) electrons. The van der Waals surface area contributed by atoms with E-state index in [4.69, 9.17) is 9.73 Å². The zero-order chi connectivity index (χ0) is 29.8. The van der Waals surface area contributed by atoms with Crippen molar-refractivity contribution in [2.75, 3.05) is 32.8 Å². The average molecular weight is 600 g/mol. The Balaban J connectivity index is 1.32. The minimum atomic E-state index is -3.74. The molecule has 1 N–H and O–H groups in total. The van der Waals surface area contributed by atoms with Crippen LogP contribution in [0.4, 0.5) is 5.69 Å². The molecule has 9 nitrogen and oxygen atoms in total. The summed E-state index contributed by atoms with van der Waals surface area (Å²) in [6, 6.07) is 19.0. The van der Waals surface area contributed by atoms with Crippen LogP contribution in [0.25, 0.3) is 11.0 Å². The molecular weight excluding hydrogens is 562 g/mol. The Morgan fingerprint density at radius 3 is 2.56 bits per heavy atom. The second-order valence-corrected chi connectivity index (χ2v) is 13.1. The number of aromatic amines is 1.